The molecule has 2 aliphatic carbocycles. The van der Waals surface area contributed by atoms with E-state index in [1.165, 1.54) is 58.2 Å². The molecule has 2 unspecified atom stereocenters. The Kier molecular flexibility index (Phi) is 4.16. The van der Waals surface area contributed by atoms with Crippen molar-refractivity contribution in [3.63, 3.8) is 0 Å². The molecule has 3 aliphatic rings. The average molecular weight is 266 g/mol. The maximum absolute atomic E-state index is 5.30. The third-order valence-electron chi connectivity index (χ3n) is 5.56. The minimum absolute atomic E-state index is 0.606. The molecule has 1 saturated heterocycles. The summed E-state index contributed by atoms with van der Waals surface area (Å²) < 4.78 is 5.30. The van der Waals surface area contributed by atoms with Gasteiger partial charge in [-0.25, -0.2) is 0 Å². The van der Waals surface area contributed by atoms with Crippen molar-refractivity contribution in [2.75, 3.05) is 33.4 Å². The fourth-order valence-corrected chi connectivity index (χ4v) is 3.71. The van der Waals surface area contributed by atoms with Crippen LogP contribution < -0.4 is 5.32 Å². The van der Waals surface area contributed by atoms with E-state index in [1.54, 1.807) is 0 Å². The van der Waals surface area contributed by atoms with Gasteiger partial charge in [-0.05, 0) is 49.9 Å². The summed E-state index contributed by atoms with van der Waals surface area (Å²) in [6.07, 6.45) is 8.30. The fraction of sp³-hybridized carbons (Fsp3) is 1.00. The van der Waals surface area contributed by atoms with Crippen LogP contribution in [0.4, 0.5) is 0 Å². The van der Waals surface area contributed by atoms with Gasteiger partial charge in [0, 0.05) is 45.4 Å². The van der Waals surface area contributed by atoms with E-state index in [0.717, 1.165) is 24.6 Å². The number of hydrogen-bond acceptors (Lipinski definition) is 3. The van der Waals surface area contributed by atoms with Gasteiger partial charge in [0.1, 0.15) is 0 Å². The van der Waals surface area contributed by atoms with Crippen LogP contribution in [0, 0.1) is 11.3 Å². The number of rotatable bonds is 7. The van der Waals surface area contributed by atoms with Crippen molar-refractivity contribution >= 4 is 0 Å². The molecule has 0 spiro atoms. The zero-order chi connectivity index (χ0) is 13.3. The first-order valence-electron chi connectivity index (χ1n) is 8.23. The van der Waals surface area contributed by atoms with Crippen molar-refractivity contribution in [2.45, 2.75) is 57.5 Å². The smallest absolute Gasteiger partial charge is 0.0468 e. The molecule has 3 heteroatoms. The maximum atomic E-state index is 5.30. The molecule has 0 radical (unpaired) electrons. The Bertz CT molecular complexity index is 299. The van der Waals surface area contributed by atoms with Crippen molar-refractivity contribution in [3.8, 4) is 0 Å². The van der Waals surface area contributed by atoms with Gasteiger partial charge in [-0.1, -0.05) is 6.92 Å². The Balaban J connectivity index is 1.56. The Morgan fingerprint density at radius 1 is 1.32 bits per heavy atom. The first-order valence-corrected chi connectivity index (χ1v) is 8.23. The molecule has 1 aliphatic heterocycles. The molecule has 110 valence electrons. The normalized spacial score (nSPS) is 34.4. The molecule has 0 aromatic rings. The topological polar surface area (TPSA) is 24.5 Å². The van der Waals surface area contributed by atoms with Crippen molar-refractivity contribution in [2.24, 2.45) is 11.3 Å². The van der Waals surface area contributed by atoms with Gasteiger partial charge in [0.15, 0.2) is 0 Å². The summed E-state index contributed by atoms with van der Waals surface area (Å²) in [5.41, 5.74) is 0.606. The Morgan fingerprint density at radius 2 is 2.11 bits per heavy atom. The van der Waals surface area contributed by atoms with Crippen LogP contribution in [0.1, 0.15) is 45.4 Å². The highest BCUT2D eigenvalue weighted by molar-refractivity contribution is 5.00. The third-order valence-corrected chi connectivity index (χ3v) is 5.56. The Labute approximate surface area is 118 Å². The number of ether oxygens (including phenoxy) is 1. The number of methoxy groups -OCH3 is 1. The quantitative estimate of drug-likeness (QED) is 0.765. The highest BCUT2D eigenvalue weighted by Crippen LogP contribution is 2.50. The van der Waals surface area contributed by atoms with Gasteiger partial charge in [-0.15, -0.1) is 0 Å². The summed E-state index contributed by atoms with van der Waals surface area (Å²) in [5.74, 6) is 0.981. The number of nitrogens with zero attached hydrogens (tertiary/aromatic N) is 1. The standard InChI is InChI=1S/C16H30N2O/c1-3-14-10-17-15(13-4-5-13)11-18(14)12-16(6-7-16)8-9-19-2/h13-15,17H,3-12H2,1-2H3. The van der Waals surface area contributed by atoms with Crippen LogP contribution >= 0.6 is 0 Å². The van der Waals surface area contributed by atoms with Crippen LogP contribution in [0.5, 0.6) is 0 Å². The summed E-state index contributed by atoms with van der Waals surface area (Å²) in [7, 11) is 1.83. The van der Waals surface area contributed by atoms with Crippen LogP contribution in [0.15, 0.2) is 0 Å². The molecule has 3 fully saturated rings. The summed E-state index contributed by atoms with van der Waals surface area (Å²) in [6, 6.07) is 1.54. The first-order chi connectivity index (χ1) is 9.26. The average Bonchev–Trinajstić information content (AvgIpc) is 3.32. The lowest BCUT2D eigenvalue weighted by Gasteiger charge is -2.42. The summed E-state index contributed by atoms with van der Waals surface area (Å²) >= 11 is 0. The highest BCUT2D eigenvalue weighted by atomic mass is 16.5. The summed E-state index contributed by atoms with van der Waals surface area (Å²) in [5, 5.41) is 3.80. The van der Waals surface area contributed by atoms with E-state index >= 15 is 0 Å². The monoisotopic (exact) mass is 266 g/mol. The first kappa shape index (κ1) is 13.8. The molecule has 1 N–H and O–H groups in total. The van der Waals surface area contributed by atoms with Gasteiger partial charge >= 0.3 is 0 Å². The van der Waals surface area contributed by atoms with E-state index in [4.69, 9.17) is 4.74 Å². The fourth-order valence-electron chi connectivity index (χ4n) is 3.71. The van der Waals surface area contributed by atoms with Gasteiger partial charge in [0.25, 0.3) is 0 Å². The van der Waals surface area contributed by atoms with E-state index in [-0.39, 0.29) is 0 Å². The molecule has 0 aromatic carbocycles. The van der Waals surface area contributed by atoms with Gasteiger partial charge in [-0.2, -0.15) is 0 Å². The minimum atomic E-state index is 0.606. The molecule has 3 nitrogen and oxygen atoms in total. The number of piperazine rings is 1. The van der Waals surface area contributed by atoms with Crippen LogP contribution in [-0.4, -0.2) is 50.3 Å². The van der Waals surface area contributed by atoms with E-state index in [9.17, 15) is 0 Å². The van der Waals surface area contributed by atoms with Crippen molar-refractivity contribution < 1.29 is 4.74 Å². The SMILES string of the molecule is CCC1CNC(C2CC2)CN1CC1(CCOC)CC1. The van der Waals surface area contributed by atoms with E-state index in [2.05, 4.69) is 17.1 Å². The van der Waals surface area contributed by atoms with Gasteiger partial charge in [0.05, 0.1) is 0 Å². The second kappa shape index (κ2) is 5.71. The van der Waals surface area contributed by atoms with Crippen molar-refractivity contribution in [1.82, 2.24) is 10.2 Å². The van der Waals surface area contributed by atoms with Gasteiger partial charge in [0.2, 0.25) is 0 Å². The molecular weight excluding hydrogens is 236 g/mol. The lowest BCUT2D eigenvalue weighted by molar-refractivity contribution is 0.0816. The molecule has 19 heavy (non-hydrogen) atoms. The lowest BCUT2D eigenvalue weighted by Crippen LogP contribution is -2.58. The van der Waals surface area contributed by atoms with Gasteiger partial charge < -0.3 is 10.1 Å². The predicted octanol–water partition coefficient (Wildman–Crippen LogP) is 2.27. The predicted molar refractivity (Wildman–Crippen MR) is 78.3 cm³/mol. The molecule has 1 heterocycles. The van der Waals surface area contributed by atoms with Crippen LogP contribution in [0.25, 0.3) is 0 Å². The molecule has 0 aromatic heterocycles. The third kappa shape index (κ3) is 3.32. The second-order valence-corrected chi connectivity index (χ2v) is 7.09. The van der Waals surface area contributed by atoms with Crippen LogP contribution in [0.2, 0.25) is 0 Å². The molecule has 2 saturated carbocycles. The van der Waals surface area contributed by atoms with Crippen molar-refractivity contribution in [1.29, 1.82) is 0 Å². The molecule has 0 bridgehead atoms. The highest BCUT2D eigenvalue weighted by Gasteiger charge is 2.46. The molecule has 2 atom stereocenters. The Morgan fingerprint density at radius 3 is 2.68 bits per heavy atom. The van der Waals surface area contributed by atoms with E-state index in [0.29, 0.717) is 5.41 Å². The second-order valence-electron chi connectivity index (χ2n) is 7.09. The Hall–Kier alpha value is -0.120. The zero-order valence-electron chi connectivity index (χ0n) is 12.7. The maximum Gasteiger partial charge on any atom is 0.0468 e. The molecular formula is C16H30N2O. The number of hydrogen-bond donors (Lipinski definition) is 1. The van der Waals surface area contributed by atoms with E-state index < -0.39 is 0 Å². The summed E-state index contributed by atoms with van der Waals surface area (Å²) in [4.78, 5) is 2.81. The lowest BCUT2D eigenvalue weighted by atomic mass is 9.97. The van der Waals surface area contributed by atoms with E-state index in [1.807, 2.05) is 7.11 Å². The van der Waals surface area contributed by atoms with Gasteiger partial charge in [-0.3, -0.25) is 4.90 Å². The minimum Gasteiger partial charge on any atom is -0.385 e. The number of nitrogens with one attached hydrogen (secondary N) is 1. The van der Waals surface area contributed by atoms with Crippen LogP contribution in [0.3, 0.4) is 0 Å². The van der Waals surface area contributed by atoms with Crippen LogP contribution in [-0.2, 0) is 4.74 Å². The van der Waals surface area contributed by atoms with Crippen molar-refractivity contribution in [3.05, 3.63) is 0 Å². The molecule has 3 rings (SSSR count). The zero-order valence-corrected chi connectivity index (χ0v) is 12.7. The molecule has 0 amide bonds. The largest absolute Gasteiger partial charge is 0.385 e. The summed E-state index contributed by atoms with van der Waals surface area (Å²) in [6.45, 7) is 7.09.